The maximum Gasteiger partial charge on any atom is 0.326 e. The van der Waals surface area contributed by atoms with Gasteiger partial charge in [0.15, 0.2) is 0 Å². The molecule has 4 unspecified atom stereocenters. The molecular weight excluding hydrogens is 410 g/mol. The van der Waals surface area contributed by atoms with Crippen LogP contribution < -0.4 is 27.4 Å². The highest BCUT2D eigenvalue weighted by Gasteiger charge is 2.28. The molecule has 0 bridgehead atoms. The molecule has 4 amide bonds. The molecule has 4 atom stereocenters. The fraction of sp³-hybridized carbons (Fsp3) is 0.556. The summed E-state index contributed by atoms with van der Waals surface area (Å²) in [5, 5.41) is 16.4. The standard InChI is InChI=1S/C18H29N7O6/c1-3-9(2)15(18(30)31)25-14(27)7-22-17(29)12(4-10-6-21-8-23-10)24-16(28)11(19)5-13(20)26/h6,8-9,11-12,15H,3-5,7,19H2,1-2H3,(H2,20,26)(H,21,23)(H,22,29)(H,24,28)(H,25,27)(H,30,31). The molecule has 172 valence electrons. The number of carboxylic acids is 1. The number of primary amides is 1. The van der Waals surface area contributed by atoms with Crippen LogP contribution in [0.15, 0.2) is 12.5 Å². The number of nitrogens with zero attached hydrogens (tertiary/aromatic N) is 1. The van der Waals surface area contributed by atoms with E-state index >= 15 is 0 Å². The fourth-order valence-corrected chi connectivity index (χ4v) is 2.61. The predicted molar refractivity (Wildman–Crippen MR) is 108 cm³/mol. The fourth-order valence-electron chi connectivity index (χ4n) is 2.61. The molecule has 0 aliphatic rings. The zero-order chi connectivity index (χ0) is 23.6. The summed E-state index contributed by atoms with van der Waals surface area (Å²) in [7, 11) is 0. The Morgan fingerprint density at radius 1 is 1.19 bits per heavy atom. The summed E-state index contributed by atoms with van der Waals surface area (Å²) in [6, 6.07) is -3.48. The normalized spacial score (nSPS) is 14.5. The summed E-state index contributed by atoms with van der Waals surface area (Å²) in [4.78, 5) is 65.8. The number of carbonyl (C=O) groups excluding carboxylic acids is 4. The zero-order valence-electron chi connectivity index (χ0n) is 17.4. The lowest BCUT2D eigenvalue weighted by molar-refractivity contribution is -0.143. The van der Waals surface area contributed by atoms with E-state index in [2.05, 4.69) is 25.9 Å². The van der Waals surface area contributed by atoms with Crippen LogP contribution in [0.1, 0.15) is 32.4 Å². The Labute approximate surface area is 178 Å². The highest BCUT2D eigenvalue weighted by atomic mass is 16.4. The van der Waals surface area contributed by atoms with E-state index in [-0.39, 0.29) is 12.3 Å². The van der Waals surface area contributed by atoms with Crippen molar-refractivity contribution in [2.24, 2.45) is 17.4 Å². The predicted octanol–water partition coefficient (Wildman–Crippen LogP) is -2.63. The average Bonchev–Trinajstić information content (AvgIpc) is 3.21. The van der Waals surface area contributed by atoms with Crippen molar-refractivity contribution in [3.05, 3.63) is 18.2 Å². The van der Waals surface area contributed by atoms with Crippen molar-refractivity contribution in [1.29, 1.82) is 0 Å². The molecule has 0 saturated heterocycles. The van der Waals surface area contributed by atoms with E-state index in [0.717, 1.165) is 0 Å². The highest BCUT2D eigenvalue weighted by molar-refractivity contribution is 5.94. The Morgan fingerprint density at radius 2 is 1.87 bits per heavy atom. The first kappa shape index (κ1) is 25.6. The lowest BCUT2D eigenvalue weighted by atomic mass is 9.99. The minimum atomic E-state index is -1.25. The summed E-state index contributed by atoms with van der Waals surface area (Å²) in [6.45, 7) is 2.98. The zero-order valence-corrected chi connectivity index (χ0v) is 17.4. The minimum absolute atomic E-state index is 0.00705. The maximum absolute atomic E-state index is 12.6. The first-order chi connectivity index (χ1) is 14.5. The van der Waals surface area contributed by atoms with E-state index in [1.54, 1.807) is 13.8 Å². The maximum atomic E-state index is 12.6. The van der Waals surface area contributed by atoms with Crippen LogP contribution in [0.25, 0.3) is 0 Å². The average molecular weight is 439 g/mol. The van der Waals surface area contributed by atoms with E-state index in [9.17, 15) is 29.1 Å². The molecule has 13 heteroatoms. The van der Waals surface area contributed by atoms with Gasteiger partial charge in [0.05, 0.1) is 25.3 Å². The number of aromatic nitrogens is 2. The second kappa shape index (κ2) is 12.3. The molecule has 13 nitrogen and oxygen atoms in total. The Kier molecular flexibility index (Phi) is 10.1. The molecule has 31 heavy (non-hydrogen) atoms. The first-order valence-corrected chi connectivity index (χ1v) is 9.66. The van der Waals surface area contributed by atoms with Crippen LogP contribution in [0, 0.1) is 5.92 Å². The van der Waals surface area contributed by atoms with Gasteiger partial charge in [0, 0.05) is 18.3 Å². The topological polar surface area (TPSA) is 222 Å². The van der Waals surface area contributed by atoms with Gasteiger partial charge in [-0.3, -0.25) is 19.2 Å². The van der Waals surface area contributed by atoms with E-state index < -0.39 is 60.7 Å². The third-order valence-electron chi connectivity index (χ3n) is 4.59. The van der Waals surface area contributed by atoms with Gasteiger partial charge in [-0.2, -0.15) is 0 Å². The summed E-state index contributed by atoms with van der Waals surface area (Å²) < 4.78 is 0. The molecule has 0 saturated carbocycles. The molecule has 1 aromatic heterocycles. The van der Waals surface area contributed by atoms with E-state index in [1.165, 1.54) is 12.5 Å². The van der Waals surface area contributed by atoms with Crippen LogP contribution in [0.5, 0.6) is 0 Å². The quantitative estimate of drug-likeness (QED) is 0.172. The van der Waals surface area contributed by atoms with Crippen LogP contribution in [-0.2, 0) is 30.4 Å². The van der Waals surface area contributed by atoms with Gasteiger partial charge in [-0.1, -0.05) is 20.3 Å². The van der Waals surface area contributed by atoms with Crippen LogP contribution in [0.4, 0.5) is 0 Å². The van der Waals surface area contributed by atoms with Gasteiger partial charge in [-0.05, 0) is 5.92 Å². The van der Waals surface area contributed by atoms with Crippen LogP contribution in [-0.4, -0.2) is 69.3 Å². The monoisotopic (exact) mass is 439 g/mol. The molecular formula is C18H29N7O6. The van der Waals surface area contributed by atoms with Gasteiger partial charge in [-0.15, -0.1) is 0 Å². The van der Waals surface area contributed by atoms with Crippen LogP contribution in [0.2, 0.25) is 0 Å². The number of nitrogens with two attached hydrogens (primary N) is 2. The summed E-state index contributed by atoms with van der Waals surface area (Å²) in [5.74, 6) is -4.44. The second-order valence-electron chi connectivity index (χ2n) is 7.11. The van der Waals surface area contributed by atoms with Crippen molar-refractivity contribution in [3.63, 3.8) is 0 Å². The number of imidazole rings is 1. The van der Waals surface area contributed by atoms with E-state index in [4.69, 9.17) is 11.5 Å². The summed E-state index contributed by atoms with van der Waals surface area (Å²) in [5.41, 5.74) is 11.2. The largest absolute Gasteiger partial charge is 0.480 e. The number of hydrogen-bond donors (Lipinski definition) is 7. The molecule has 1 aromatic rings. The number of carbonyl (C=O) groups is 5. The van der Waals surface area contributed by atoms with Crippen molar-refractivity contribution >= 4 is 29.6 Å². The number of carboxylic acid groups (broad SMARTS) is 1. The summed E-state index contributed by atoms with van der Waals surface area (Å²) in [6.07, 6.45) is 2.98. The van der Waals surface area contributed by atoms with Crippen molar-refractivity contribution in [2.75, 3.05) is 6.54 Å². The SMILES string of the molecule is CCC(C)C(NC(=O)CNC(=O)C(Cc1cnc[nH]1)NC(=O)C(N)CC(N)=O)C(=O)O. The number of rotatable bonds is 13. The van der Waals surface area contributed by atoms with E-state index in [1.807, 2.05) is 0 Å². The van der Waals surface area contributed by atoms with Gasteiger partial charge >= 0.3 is 5.97 Å². The first-order valence-electron chi connectivity index (χ1n) is 9.66. The van der Waals surface area contributed by atoms with Crippen LogP contribution >= 0.6 is 0 Å². The molecule has 0 radical (unpaired) electrons. The van der Waals surface area contributed by atoms with Gasteiger partial charge in [-0.25, -0.2) is 9.78 Å². The molecule has 0 aliphatic carbocycles. The molecule has 0 spiro atoms. The minimum Gasteiger partial charge on any atom is -0.480 e. The number of nitrogens with one attached hydrogen (secondary N) is 4. The molecule has 9 N–H and O–H groups in total. The number of aromatic amines is 1. The molecule has 0 fully saturated rings. The molecule has 0 aromatic carbocycles. The highest BCUT2D eigenvalue weighted by Crippen LogP contribution is 2.07. The Morgan fingerprint density at radius 3 is 2.39 bits per heavy atom. The lowest BCUT2D eigenvalue weighted by Crippen LogP contribution is -2.55. The van der Waals surface area contributed by atoms with Gasteiger partial charge in [0.2, 0.25) is 23.6 Å². The Hall–Kier alpha value is -3.48. The third-order valence-corrected chi connectivity index (χ3v) is 4.59. The molecule has 0 aliphatic heterocycles. The van der Waals surface area contributed by atoms with E-state index in [0.29, 0.717) is 12.1 Å². The summed E-state index contributed by atoms with van der Waals surface area (Å²) >= 11 is 0. The van der Waals surface area contributed by atoms with Gasteiger partial charge in [0.1, 0.15) is 12.1 Å². The second-order valence-corrected chi connectivity index (χ2v) is 7.11. The Bertz CT molecular complexity index is 782. The lowest BCUT2D eigenvalue weighted by Gasteiger charge is -2.22. The van der Waals surface area contributed by atoms with Crippen molar-refractivity contribution in [2.45, 2.75) is 51.2 Å². The number of hydrogen-bond acceptors (Lipinski definition) is 7. The molecule has 1 rings (SSSR count). The number of aliphatic carboxylic acids is 1. The van der Waals surface area contributed by atoms with Gasteiger partial charge < -0.3 is 37.5 Å². The Balaban J connectivity index is 2.76. The van der Waals surface area contributed by atoms with Gasteiger partial charge in [0.25, 0.3) is 0 Å². The number of H-pyrrole nitrogens is 1. The van der Waals surface area contributed by atoms with Crippen molar-refractivity contribution in [1.82, 2.24) is 25.9 Å². The smallest absolute Gasteiger partial charge is 0.326 e. The van der Waals surface area contributed by atoms with Crippen molar-refractivity contribution < 1.29 is 29.1 Å². The van der Waals surface area contributed by atoms with Crippen LogP contribution in [0.3, 0.4) is 0 Å². The number of amides is 4. The molecule has 1 heterocycles. The third kappa shape index (κ3) is 8.82. The van der Waals surface area contributed by atoms with Crippen molar-refractivity contribution in [3.8, 4) is 0 Å².